The third-order valence-corrected chi connectivity index (χ3v) is 3.01. The number of hydrogen-bond donors (Lipinski definition) is 1. The van der Waals surface area contributed by atoms with Crippen LogP contribution < -0.4 is 5.73 Å². The summed E-state index contributed by atoms with van der Waals surface area (Å²) in [6.07, 6.45) is 0. The molecule has 0 aliphatic rings. The molecule has 2 aromatic carbocycles. The fraction of sp³-hybridized carbons (Fsp3) is 0. The van der Waals surface area contributed by atoms with Gasteiger partial charge in [-0.05, 0) is 40.6 Å². The van der Waals surface area contributed by atoms with Gasteiger partial charge in [0.25, 0.3) is 0 Å². The van der Waals surface area contributed by atoms with Gasteiger partial charge in [-0.15, -0.1) is 4.91 Å². The molecule has 0 radical (unpaired) electrons. The summed E-state index contributed by atoms with van der Waals surface area (Å²) in [5.74, 6) is 0. The summed E-state index contributed by atoms with van der Waals surface area (Å²) in [6, 6.07) is 10.3. The van der Waals surface area contributed by atoms with Gasteiger partial charge >= 0.3 is 0 Å². The number of benzene rings is 2. The van der Waals surface area contributed by atoms with Gasteiger partial charge in [-0.3, -0.25) is 0 Å². The van der Waals surface area contributed by atoms with E-state index in [0.717, 1.165) is 11.1 Å². The van der Waals surface area contributed by atoms with E-state index in [2.05, 4.69) is 5.18 Å². The minimum absolute atomic E-state index is 0.219. The van der Waals surface area contributed by atoms with Gasteiger partial charge in [0.1, 0.15) is 5.69 Å². The highest BCUT2D eigenvalue weighted by atomic mass is 35.5. The van der Waals surface area contributed by atoms with Gasteiger partial charge in [-0.1, -0.05) is 35.3 Å². The van der Waals surface area contributed by atoms with E-state index in [1.165, 1.54) is 0 Å². The molecule has 2 rings (SSSR count). The summed E-state index contributed by atoms with van der Waals surface area (Å²) in [6.45, 7) is 0. The fourth-order valence-corrected chi connectivity index (χ4v) is 1.86. The summed E-state index contributed by atoms with van der Waals surface area (Å²) in [5.41, 5.74) is 8.10. The van der Waals surface area contributed by atoms with Crippen LogP contribution in [-0.2, 0) is 0 Å². The van der Waals surface area contributed by atoms with E-state index in [-0.39, 0.29) is 5.69 Å². The molecule has 0 heterocycles. The Balaban J connectivity index is 2.49. The molecule has 5 heteroatoms. The van der Waals surface area contributed by atoms with Crippen LogP contribution in [0.5, 0.6) is 0 Å². The Kier molecular flexibility index (Phi) is 3.31. The molecule has 3 nitrogen and oxygen atoms in total. The van der Waals surface area contributed by atoms with Gasteiger partial charge in [0.2, 0.25) is 0 Å². The lowest BCUT2D eigenvalue weighted by Crippen LogP contribution is -1.86. The lowest BCUT2D eigenvalue weighted by atomic mass is 10.1. The quantitative estimate of drug-likeness (QED) is 0.636. The monoisotopic (exact) mass is 266 g/mol. The van der Waals surface area contributed by atoms with Crippen molar-refractivity contribution in [1.82, 2.24) is 0 Å². The minimum atomic E-state index is 0.219. The number of anilines is 1. The Morgan fingerprint density at radius 2 is 1.53 bits per heavy atom. The van der Waals surface area contributed by atoms with Crippen molar-refractivity contribution in [2.24, 2.45) is 5.18 Å². The van der Waals surface area contributed by atoms with Crippen LogP contribution >= 0.6 is 23.2 Å². The van der Waals surface area contributed by atoms with Crippen molar-refractivity contribution in [3.63, 3.8) is 0 Å². The smallest absolute Gasteiger partial charge is 0.126 e. The first-order chi connectivity index (χ1) is 8.11. The first kappa shape index (κ1) is 11.9. The highest BCUT2D eigenvalue weighted by Crippen LogP contribution is 2.32. The van der Waals surface area contributed by atoms with Crippen molar-refractivity contribution in [2.75, 3.05) is 5.73 Å². The van der Waals surface area contributed by atoms with Gasteiger partial charge in [-0.25, -0.2) is 0 Å². The summed E-state index contributed by atoms with van der Waals surface area (Å²) < 4.78 is 0. The van der Waals surface area contributed by atoms with Crippen molar-refractivity contribution in [3.8, 4) is 11.1 Å². The Bertz CT molecular complexity index is 585. The SMILES string of the molecule is Nc1ccc(-c2ccc(N=O)c(Cl)c2)cc1Cl. The average Bonchev–Trinajstić information content (AvgIpc) is 2.32. The molecule has 0 spiro atoms. The molecule has 0 saturated heterocycles. The van der Waals surface area contributed by atoms with Crippen LogP contribution in [0.3, 0.4) is 0 Å². The fourth-order valence-electron chi connectivity index (χ4n) is 1.47. The van der Waals surface area contributed by atoms with E-state index in [1.807, 2.05) is 6.07 Å². The second-order valence-electron chi connectivity index (χ2n) is 3.49. The molecule has 0 atom stereocenters. The Morgan fingerprint density at radius 3 is 2.06 bits per heavy atom. The van der Waals surface area contributed by atoms with E-state index in [4.69, 9.17) is 28.9 Å². The number of rotatable bonds is 2. The zero-order valence-corrected chi connectivity index (χ0v) is 10.2. The van der Waals surface area contributed by atoms with Crippen LogP contribution in [0, 0.1) is 4.91 Å². The normalized spacial score (nSPS) is 10.2. The summed E-state index contributed by atoms with van der Waals surface area (Å²) in [7, 11) is 0. The van der Waals surface area contributed by atoms with Crippen LogP contribution in [0.25, 0.3) is 11.1 Å². The molecule has 86 valence electrons. The first-order valence-electron chi connectivity index (χ1n) is 4.80. The van der Waals surface area contributed by atoms with Gasteiger partial charge in [-0.2, -0.15) is 0 Å². The lowest BCUT2D eigenvalue weighted by molar-refractivity contribution is 1.49. The molecule has 17 heavy (non-hydrogen) atoms. The van der Waals surface area contributed by atoms with Gasteiger partial charge < -0.3 is 5.73 Å². The molecular weight excluding hydrogens is 259 g/mol. The van der Waals surface area contributed by atoms with Crippen LogP contribution in [0.2, 0.25) is 10.0 Å². The molecule has 0 aromatic heterocycles. The second-order valence-corrected chi connectivity index (χ2v) is 4.31. The third-order valence-electron chi connectivity index (χ3n) is 2.38. The molecule has 0 unspecified atom stereocenters. The van der Waals surface area contributed by atoms with Crippen LogP contribution in [-0.4, -0.2) is 0 Å². The number of halogens is 2. The van der Waals surface area contributed by atoms with Crippen molar-refractivity contribution < 1.29 is 0 Å². The molecule has 2 N–H and O–H groups in total. The highest BCUT2D eigenvalue weighted by Gasteiger charge is 2.05. The molecule has 0 aliphatic heterocycles. The largest absolute Gasteiger partial charge is 0.398 e. The van der Waals surface area contributed by atoms with Crippen molar-refractivity contribution in [1.29, 1.82) is 0 Å². The van der Waals surface area contributed by atoms with Crippen LogP contribution in [0.1, 0.15) is 0 Å². The predicted octanol–water partition coefficient (Wildman–Crippen LogP) is 4.64. The Morgan fingerprint density at radius 1 is 0.941 bits per heavy atom. The molecule has 0 fully saturated rings. The number of nitrogens with zero attached hydrogens (tertiary/aromatic N) is 1. The topological polar surface area (TPSA) is 55.4 Å². The maximum Gasteiger partial charge on any atom is 0.126 e. The predicted molar refractivity (Wildman–Crippen MR) is 71.8 cm³/mol. The average molecular weight is 267 g/mol. The molecule has 2 aromatic rings. The summed E-state index contributed by atoms with van der Waals surface area (Å²) in [4.78, 5) is 10.4. The minimum Gasteiger partial charge on any atom is -0.398 e. The molecule has 0 bridgehead atoms. The highest BCUT2D eigenvalue weighted by molar-refractivity contribution is 6.34. The van der Waals surface area contributed by atoms with Crippen LogP contribution in [0.4, 0.5) is 11.4 Å². The van der Waals surface area contributed by atoms with E-state index < -0.39 is 0 Å². The van der Waals surface area contributed by atoms with E-state index in [9.17, 15) is 4.91 Å². The van der Waals surface area contributed by atoms with Crippen molar-refractivity contribution >= 4 is 34.6 Å². The Labute approximate surface area is 108 Å². The van der Waals surface area contributed by atoms with E-state index in [0.29, 0.717) is 15.7 Å². The zero-order chi connectivity index (χ0) is 12.4. The molecule has 0 saturated carbocycles. The zero-order valence-electron chi connectivity index (χ0n) is 8.65. The summed E-state index contributed by atoms with van der Waals surface area (Å²) >= 11 is 11.8. The van der Waals surface area contributed by atoms with E-state index >= 15 is 0 Å². The van der Waals surface area contributed by atoms with Gasteiger partial charge in [0.15, 0.2) is 0 Å². The standard InChI is InChI=1S/C12H8Cl2N2O/c13-9-5-7(1-3-11(9)15)8-2-4-12(16-17)10(14)6-8/h1-6H,15H2. The second kappa shape index (κ2) is 4.73. The van der Waals surface area contributed by atoms with Gasteiger partial charge in [0.05, 0.1) is 15.7 Å². The van der Waals surface area contributed by atoms with Crippen LogP contribution in [0.15, 0.2) is 41.6 Å². The maximum absolute atomic E-state index is 10.4. The van der Waals surface area contributed by atoms with Crippen molar-refractivity contribution in [2.45, 2.75) is 0 Å². The number of nitroso groups, excluding NO2 is 1. The maximum atomic E-state index is 10.4. The van der Waals surface area contributed by atoms with Crippen molar-refractivity contribution in [3.05, 3.63) is 51.4 Å². The third kappa shape index (κ3) is 2.40. The van der Waals surface area contributed by atoms with E-state index in [1.54, 1.807) is 30.3 Å². The number of nitrogens with two attached hydrogens (primary N) is 1. The lowest BCUT2D eigenvalue weighted by Gasteiger charge is -2.05. The number of hydrogen-bond acceptors (Lipinski definition) is 3. The molecule has 0 aliphatic carbocycles. The first-order valence-corrected chi connectivity index (χ1v) is 5.55. The van der Waals surface area contributed by atoms with Gasteiger partial charge in [0, 0.05) is 0 Å². The summed E-state index contributed by atoms with van der Waals surface area (Å²) in [5, 5.41) is 3.60. The molecular formula is C12H8Cl2N2O. The Hall–Kier alpha value is -1.58. The number of nitrogen functional groups attached to an aromatic ring is 1. The molecule has 0 amide bonds.